The van der Waals surface area contributed by atoms with Gasteiger partial charge < -0.3 is 4.98 Å². The van der Waals surface area contributed by atoms with Crippen molar-refractivity contribution < 1.29 is 12.8 Å². The topological polar surface area (TPSA) is 143 Å². The van der Waals surface area contributed by atoms with E-state index in [-0.39, 0.29) is 12.2 Å². The van der Waals surface area contributed by atoms with Gasteiger partial charge >= 0.3 is 0 Å². The molecule has 10 nitrogen and oxygen atoms in total. The fourth-order valence-electron chi connectivity index (χ4n) is 4.20. The molecule has 0 atom stereocenters. The van der Waals surface area contributed by atoms with Gasteiger partial charge in [0.2, 0.25) is 0 Å². The lowest BCUT2D eigenvalue weighted by Gasteiger charge is -2.07. The third kappa shape index (κ3) is 4.54. The molecule has 37 heavy (non-hydrogen) atoms. The Morgan fingerprint density at radius 2 is 1.76 bits per heavy atom. The first-order chi connectivity index (χ1) is 17.8. The van der Waals surface area contributed by atoms with Crippen molar-refractivity contribution in [3.8, 4) is 33.8 Å². The Bertz CT molecular complexity index is 1880. The van der Waals surface area contributed by atoms with Crippen LogP contribution in [0.2, 0.25) is 0 Å². The number of hydrogen-bond acceptors (Lipinski definition) is 8. The van der Waals surface area contributed by atoms with Crippen molar-refractivity contribution in [3.05, 3.63) is 73.0 Å². The maximum Gasteiger partial charge on any atom is 0.181 e. The molecule has 0 amide bonds. The van der Waals surface area contributed by atoms with Crippen molar-refractivity contribution >= 4 is 31.9 Å². The molecule has 0 unspecified atom stereocenters. The lowest BCUT2D eigenvalue weighted by Crippen LogP contribution is -2.06. The van der Waals surface area contributed by atoms with E-state index < -0.39 is 15.7 Å². The highest BCUT2D eigenvalue weighted by atomic mass is 32.2. The molecule has 5 aromatic heterocycles. The second-order valence-electron chi connectivity index (χ2n) is 8.72. The zero-order valence-electron chi connectivity index (χ0n) is 19.5. The number of nitrogens with zero attached hydrogens (tertiary/aromatic N) is 6. The van der Waals surface area contributed by atoms with Crippen LogP contribution in [0.1, 0.15) is 5.56 Å². The molecule has 184 valence electrons. The summed E-state index contributed by atoms with van der Waals surface area (Å²) >= 11 is 0. The number of aromatic nitrogens is 8. The second kappa shape index (κ2) is 8.82. The summed E-state index contributed by atoms with van der Waals surface area (Å²) in [6, 6.07) is 6.44. The molecule has 6 rings (SSSR count). The minimum absolute atomic E-state index is 0.0665. The van der Waals surface area contributed by atoms with Gasteiger partial charge in [-0.3, -0.25) is 10.1 Å². The van der Waals surface area contributed by atoms with Gasteiger partial charge in [-0.05, 0) is 35.7 Å². The van der Waals surface area contributed by atoms with Gasteiger partial charge in [-0.1, -0.05) is 6.07 Å². The summed E-state index contributed by atoms with van der Waals surface area (Å²) in [4.78, 5) is 24.9. The third-order valence-corrected chi connectivity index (χ3v) is 6.91. The zero-order chi connectivity index (χ0) is 25.6. The van der Waals surface area contributed by atoms with E-state index in [0.29, 0.717) is 44.9 Å². The summed E-state index contributed by atoms with van der Waals surface area (Å²) in [5.74, 6) is -0.0105. The molecule has 0 bridgehead atoms. The highest BCUT2D eigenvalue weighted by molar-refractivity contribution is 7.90. The minimum Gasteiger partial charge on any atom is -0.335 e. The molecule has 0 spiro atoms. The van der Waals surface area contributed by atoms with Crippen molar-refractivity contribution in [2.24, 2.45) is 0 Å². The number of sulfone groups is 1. The minimum atomic E-state index is -3.18. The van der Waals surface area contributed by atoms with Gasteiger partial charge in [-0.15, -0.1) is 0 Å². The molecule has 0 aliphatic rings. The largest absolute Gasteiger partial charge is 0.335 e. The SMILES string of the molecule is CS(=O)(=O)CCc1cc(F)cc(-c2cncc3[nH]c(-c4[nH]nc5ncc(-c6cncnc6)cc45)nc23)c1. The van der Waals surface area contributed by atoms with E-state index >= 15 is 0 Å². The molecule has 0 aliphatic heterocycles. The van der Waals surface area contributed by atoms with E-state index in [1.165, 1.54) is 18.5 Å². The standard InChI is InChI=1S/C25H19FN8O2S/c1-37(35,36)3-2-14-4-15(6-18(26)5-14)20-11-27-12-21-22(20)32-25(31-21)23-19-7-16(10-30-24(19)34-33-23)17-8-28-13-29-9-17/h4-13H,2-3H2,1H3,(H,31,32)(H,30,33,34). The van der Waals surface area contributed by atoms with Crippen LogP contribution < -0.4 is 0 Å². The number of nitrogens with one attached hydrogen (secondary N) is 2. The van der Waals surface area contributed by atoms with E-state index in [0.717, 1.165) is 22.8 Å². The summed E-state index contributed by atoms with van der Waals surface area (Å²) in [5, 5.41) is 8.06. The maximum absolute atomic E-state index is 14.5. The predicted molar refractivity (Wildman–Crippen MR) is 137 cm³/mol. The molecule has 12 heteroatoms. The normalized spacial score (nSPS) is 11.9. The molecule has 0 aliphatic carbocycles. The van der Waals surface area contributed by atoms with Crippen LogP contribution in [0, 0.1) is 5.82 Å². The van der Waals surface area contributed by atoms with Crippen LogP contribution in [0.5, 0.6) is 0 Å². The van der Waals surface area contributed by atoms with Crippen LogP contribution in [0.4, 0.5) is 4.39 Å². The fourth-order valence-corrected chi connectivity index (χ4v) is 4.81. The number of hydrogen-bond donors (Lipinski definition) is 2. The van der Waals surface area contributed by atoms with Gasteiger partial charge in [0, 0.05) is 47.7 Å². The Balaban J connectivity index is 1.44. The van der Waals surface area contributed by atoms with Gasteiger partial charge in [-0.2, -0.15) is 5.10 Å². The monoisotopic (exact) mass is 514 g/mol. The van der Waals surface area contributed by atoms with Crippen LogP contribution >= 0.6 is 0 Å². The number of aryl methyl sites for hydroxylation is 1. The van der Waals surface area contributed by atoms with E-state index in [4.69, 9.17) is 4.98 Å². The van der Waals surface area contributed by atoms with Gasteiger partial charge in [0.05, 0.1) is 28.4 Å². The molecule has 6 aromatic rings. The molecular formula is C25H19FN8O2S. The van der Waals surface area contributed by atoms with E-state index in [1.807, 2.05) is 6.07 Å². The van der Waals surface area contributed by atoms with E-state index in [2.05, 4.69) is 35.1 Å². The maximum atomic E-state index is 14.5. The first kappa shape index (κ1) is 22.9. The Morgan fingerprint density at radius 3 is 2.57 bits per heavy atom. The smallest absolute Gasteiger partial charge is 0.181 e. The number of imidazole rings is 1. The molecule has 0 saturated carbocycles. The van der Waals surface area contributed by atoms with E-state index in [9.17, 15) is 12.8 Å². The zero-order valence-corrected chi connectivity index (χ0v) is 20.3. The molecular weight excluding hydrogens is 495 g/mol. The molecule has 0 fully saturated rings. The number of benzene rings is 1. The first-order valence-corrected chi connectivity index (χ1v) is 13.3. The molecule has 2 N–H and O–H groups in total. The van der Waals surface area contributed by atoms with Crippen LogP contribution in [0.3, 0.4) is 0 Å². The Kier molecular flexibility index (Phi) is 5.45. The molecule has 0 radical (unpaired) electrons. The van der Waals surface area contributed by atoms with Crippen LogP contribution in [0.25, 0.3) is 55.8 Å². The van der Waals surface area contributed by atoms with Gasteiger partial charge in [0.15, 0.2) is 11.5 Å². The number of H-pyrrole nitrogens is 2. The molecule has 0 saturated heterocycles. The Hall–Kier alpha value is -4.58. The summed E-state index contributed by atoms with van der Waals surface area (Å²) in [5.41, 5.74) is 5.80. The van der Waals surface area contributed by atoms with Crippen molar-refractivity contribution in [1.82, 2.24) is 40.1 Å². The Morgan fingerprint density at radius 1 is 0.919 bits per heavy atom. The fraction of sp³-hybridized carbons (Fsp3) is 0.120. The van der Waals surface area contributed by atoms with Gasteiger partial charge in [0.25, 0.3) is 0 Å². The highest BCUT2D eigenvalue weighted by Gasteiger charge is 2.17. The molecule has 5 heterocycles. The summed E-state index contributed by atoms with van der Waals surface area (Å²) in [6.45, 7) is 0. The number of rotatable bonds is 6. The molecule has 1 aromatic carbocycles. The van der Waals surface area contributed by atoms with Crippen LogP contribution in [-0.2, 0) is 16.3 Å². The first-order valence-electron chi connectivity index (χ1n) is 11.3. The Labute approximate surface area is 210 Å². The number of halogens is 1. The number of aromatic amines is 2. The van der Waals surface area contributed by atoms with Crippen molar-refractivity contribution in [2.75, 3.05) is 12.0 Å². The summed E-state index contributed by atoms with van der Waals surface area (Å²) < 4.78 is 37.7. The second-order valence-corrected chi connectivity index (χ2v) is 11.0. The van der Waals surface area contributed by atoms with Crippen molar-refractivity contribution in [2.45, 2.75) is 6.42 Å². The summed E-state index contributed by atoms with van der Waals surface area (Å²) in [6.07, 6.45) is 11.2. The van der Waals surface area contributed by atoms with Crippen molar-refractivity contribution in [3.63, 3.8) is 0 Å². The number of fused-ring (bicyclic) bond motifs is 2. The van der Waals surface area contributed by atoms with E-state index in [1.54, 1.807) is 37.1 Å². The van der Waals surface area contributed by atoms with Crippen LogP contribution in [0.15, 0.2) is 61.6 Å². The van der Waals surface area contributed by atoms with Crippen molar-refractivity contribution in [1.29, 1.82) is 0 Å². The van der Waals surface area contributed by atoms with Gasteiger partial charge in [0.1, 0.15) is 27.7 Å². The lowest BCUT2D eigenvalue weighted by molar-refractivity contribution is 0.600. The predicted octanol–water partition coefficient (Wildman–Crippen LogP) is 3.75. The number of pyridine rings is 2. The van der Waals surface area contributed by atoms with Gasteiger partial charge in [-0.25, -0.2) is 32.7 Å². The average molecular weight is 515 g/mol. The average Bonchev–Trinajstić information content (AvgIpc) is 3.51. The summed E-state index contributed by atoms with van der Waals surface area (Å²) in [7, 11) is -3.18. The quantitative estimate of drug-likeness (QED) is 0.342. The third-order valence-electron chi connectivity index (χ3n) is 5.96. The lowest BCUT2D eigenvalue weighted by atomic mass is 10.0. The highest BCUT2D eigenvalue weighted by Crippen LogP contribution is 2.32. The van der Waals surface area contributed by atoms with Crippen LogP contribution in [-0.4, -0.2) is 60.5 Å².